The monoisotopic (exact) mass is 315 g/mol. The molecule has 2 aromatic heterocycles. The van der Waals surface area contributed by atoms with Crippen molar-refractivity contribution in [3.63, 3.8) is 0 Å². The quantitative estimate of drug-likeness (QED) is 0.515. The minimum Gasteiger partial charge on any atom is -0.496 e. The predicted molar refractivity (Wildman–Crippen MR) is 83.0 cm³/mol. The minimum atomic E-state index is 0.114. The van der Waals surface area contributed by atoms with Gasteiger partial charge in [-0.25, -0.2) is 0 Å². The maximum atomic E-state index is 5.22. The SMILES string of the molecule is COc1ccccc1/C=N\OCc1nc(-c2ccsc2)no1. The lowest BCUT2D eigenvalue weighted by atomic mass is 10.2. The molecule has 0 saturated carbocycles. The number of oxime groups is 1. The second-order valence-electron chi connectivity index (χ2n) is 4.27. The number of thiophene rings is 1. The fourth-order valence-corrected chi connectivity index (χ4v) is 2.42. The van der Waals surface area contributed by atoms with Gasteiger partial charge in [0.2, 0.25) is 5.82 Å². The first-order chi connectivity index (χ1) is 10.9. The lowest BCUT2D eigenvalue weighted by molar-refractivity contribution is 0.107. The van der Waals surface area contributed by atoms with E-state index in [4.69, 9.17) is 14.1 Å². The molecule has 0 fully saturated rings. The zero-order chi connectivity index (χ0) is 15.2. The number of nitrogens with zero attached hydrogens (tertiary/aromatic N) is 3. The van der Waals surface area contributed by atoms with Crippen molar-refractivity contribution in [3.05, 3.63) is 52.5 Å². The highest BCUT2D eigenvalue weighted by molar-refractivity contribution is 7.08. The fraction of sp³-hybridized carbons (Fsp3) is 0.133. The lowest BCUT2D eigenvalue weighted by Gasteiger charge is -2.02. The van der Waals surface area contributed by atoms with Crippen LogP contribution in [-0.2, 0) is 11.4 Å². The third kappa shape index (κ3) is 3.32. The van der Waals surface area contributed by atoms with Crippen molar-refractivity contribution in [2.75, 3.05) is 7.11 Å². The van der Waals surface area contributed by atoms with E-state index in [-0.39, 0.29) is 6.61 Å². The van der Waals surface area contributed by atoms with Gasteiger partial charge in [0.25, 0.3) is 5.89 Å². The molecule has 0 amide bonds. The van der Waals surface area contributed by atoms with Gasteiger partial charge < -0.3 is 14.1 Å². The van der Waals surface area contributed by atoms with Crippen LogP contribution in [0.4, 0.5) is 0 Å². The standard InChI is InChI=1S/C15H13N3O3S/c1-19-13-5-3-2-4-11(13)8-16-20-9-14-17-15(18-21-14)12-6-7-22-10-12/h2-8,10H,9H2,1H3/b16-8-. The molecule has 0 N–H and O–H groups in total. The van der Waals surface area contributed by atoms with Crippen LogP contribution in [0, 0.1) is 0 Å². The number of hydrogen-bond acceptors (Lipinski definition) is 7. The van der Waals surface area contributed by atoms with E-state index in [1.54, 1.807) is 24.7 Å². The van der Waals surface area contributed by atoms with Gasteiger partial charge in [-0.3, -0.25) is 0 Å². The Morgan fingerprint density at radius 2 is 2.23 bits per heavy atom. The number of aromatic nitrogens is 2. The molecular weight excluding hydrogens is 302 g/mol. The van der Waals surface area contributed by atoms with Crippen LogP contribution in [0.15, 0.2) is 50.8 Å². The van der Waals surface area contributed by atoms with Gasteiger partial charge in [0.05, 0.1) is 13.3 Å². The fourth-order valence-electron chi connectivity index (χ4n) is 1.78. The Balaban J connectivity index is 1.58. The smallest absolute Gasteiger partial charge is 0.267 e. The summed E-state index contributed by atoms with van der Waals surface area (Å²) in [5.74, 6) is 1.65. The van der Waals surface area contributed by atoms with Crippen molar-refractivity contribution in [2.24, 2.45) is 5.16 Å². The van der Waals surface area contributed by atoms with Gasteiger partial charge in [-0.2, -0.15) is 16.3 Å². The van der Waals surface area contributed by atoms with Crippen LogP contribution >= 0.6 is 11.3 Å². The number of rotatable bonds is 6. The maximum Gasteiger partial charge on any atom is 0.267 e. The molecule has 0 aliphatic carbocycles. The van der Waals surface area contributed by atoms with Gasteiger partial charge in [0.15, 0.2) is 6.61 Å². The molecule has 0 saturated heterocycles. The summed E-state index contributed by atoms with van der Waals surface area (Å²) in [5.41, 5.74) is 1.76. The summed E-state index contributed by atoms with van der Waals surface area (Å²) in [6.45, 7) is 0.114. The molecule has 3 aromatic rings. The molecule has 1 aromatic carbocycles. The van der Waals surface area contributed by atoms with Crippen molar-refractivity contribution >= 4 is 17.6 Å². The molecule has 0 unspecified atom stereocenters. The minimum absolute atomic E-state index is 0.114. The van der Waals surface area contributed by atoms with E-state index in [1.165, 1.54) is 0 Å². The Bertz CT molecular complexity index is 753. The summed E-state index contributed by atoms with van der Waals surface area (Å²) in [4.78, 5) is 9.41. The van der Waals surface area contributed by atoms with Gasteiger partial charge in [0.1, 0.15) is 5.75 Å². The maximum absolute atomic E-state index is 5.22. The van der Waals surface area contributed by atoms with Crippen molar-refractivity contribution in [3.8, 4) is 17.1 Å². The normalized spacial score (nSPS) is 11.0. The first-order valence-electron chi connectivity index (χ1n) is 6.50. The summed E-state index contributed by atoms with van der Waals surface area (Å²) in [7, 11) is 1.61. The molecule has 0 aliphatic heterocycles. The number of hydrogen-bond donors (Lipinski definition) is 0. The van der Waals surface area contributed by atoms with Crippen LogP contribution < -0.4 is 4.74 Å². The van der Waals surface area contributed by atoms with E-state index in [2.05, 4.69) is 15.3 Å². The molecule has 2 heterocycles. The van der Waals surface area contributed by atoms with Crippen LogP contribution in [0.1, 0.15) is 11.5 Å². The lowest BCUT2D eigenvalue weighted by Crippen LogP contribution is -1.92. The van der Waals surface area contributed by atoms with Gasteiger partial charge in [-0.1, -0.05) is 22.4 Å². The Hall–Kier alpha value is -2.67. The van der Waals surface area contributed by atoms with Gasteiger partial charge in [-0.15, -0.1) is 0 Å². The average molecular weight is 315 g/mol. The number of methoxy groups -OCH3 is 1. The molecule has 112 valence electrons. The van der Waals surface area contributed by atoms with Crippen molar-refractivity contribution in [1.82, 2.24) is 10.1 Å². The molecule has 0 radical (unpaired) electrons. The zero-order valence-electron chi connectivity index (χ0n) is 11.8. The number of benzene rings is 1. The largest absolute Gasteiger partial charge is 0.496 e. The van der Waals surface area contributed by atoms with Crippen LogP contribution in [-0.4, -0.2) is 23.5 Å². The molecule has 6 nitrogen and oxygen atoms in total. The van der Waals surface area contributed by atoms with Crippen LogP contribution in [0.25, 0.3) is 11.4 Å². The highest BCUT2D eigenvalue weighted by atomic mass is 32.1. The van der Waals surface area contributed by atoms with Crippen molar-refractivity contribution in [2.45, 2.75) is 6.61 Å². The van der Waals surface area contributed by atoms with E-state index < -0.39 is 0 Å². The third-order valence-electron chi connectivity index (χ3n) is 2.84. The molecule has 7 heteroatoms. The van der Waals surface area contributed by atoms with Crippen molar-refractivity contribution < 1.29 is 14.1 Å². The summed E-state index contributed by atoms with van der Waals surface area (Å²) in [5, 5.41) is 11.7. The van der Waals surface area contributed by atoms with Crippen LogP contribution in [0.5, 0.6) is 5.75 Å². The number of ether oxygens (including phenoxy) is 1. The molecule has 3 rings (SSSR count). The Morgan fingerprint density at radius 3 is 3.05 bits per heavy atom. The summed E-state index contributed by atoms with van der Waals surface area (Å²) in [6.07, 6.45) is 1.58. The van der Waals surface area contributed by atoms with Crippen molar-refractivity contribution in [1.29, 1.82) is 0 Å². The molecule has 0 spiro atoms. The molecule has 0 atom stereocenters. The van der Waals surface area contributed by atoms with Crippen LogP contribution in [0.3, 0.4) is 0 Å². The Morgan fingerprint density at radius 1 is 1.32 bits per heavy atom. The van der Waals surface area contributed by atoms with Gasteiger partial charge >= 0.3 is 0 Å². The van der Waals surface area contributed by atoms with E-state index in [0.717, 1.165) is 16.9 Å². The second kappa shape index (κ2) is 6.86. The molecule has 0 aliphatic rings. The predicted octanol–water partition coefficient (Wildman–Crippen LogP) is 3.36. The van der Waals surface area contributed by atoms with E-state index >= 15 is 0 Å². The highest BCUT2D eigenvalue weighted by Crippen LogP contribution is 2.19. The second-order valence-corrected chi connectivity index (χ2v) is 5.05. The summed E-state index contributed by atoms with van der Waals surface area (Å²) >= 11 is 1.58. The third-order valence-corrected chi connectivity index (χ3v) is 3.52. The Labute approximate surface area is 131 Å². The van der Waals surface area contributed by atoms with E-state index in [1.807, 2.05) is 41.1 Å². The van der Waals surface area contributed by atoms with E-state index in [9.17, 15) is 0 Å². The van der Waals surface area contributed by atoms with E-state index in [0.29, 0.717) is 11.7 Å². The molecule has 22 heavy (non-hydrogen) atoms. The topological polar surface area (TPSA) is 69.7 Å². The summed E-state index contributed by atoms with van der Waals surface area (Å²) < 4.78 is 10.3. The average Bonchev–Trinajstić information content (AvgIpc) is 3.23. The van der Waals surface area contributed by atoms with Gasteiger partial charge in [0, 0.05) is 16.5 Å². The first-order valence-corrected chi connectivity index (χ1v) is 7.44. The summed E-state index contributed by atoms with van der Waals surface area (Å²) in [6, 6.07) is 9.45. The Kier molecular flexibility index (Phi) is 4.45. The highest BCUT2D eigenvalue weighted by Gasteiger charge is 2.08. The zero-order valence-corrected chi connectivity index (χ0v) is 12.6. The van der Waals surface area contributed by atoms with Gasteiger partial charge in [-0.05, 0) is 23.6 Å². The van der Waals surface area contributed by atoms with Crippen LogP contribution in [0.2, 0.25) is 0 Å². The molecule has 0 bridgehead atoms. The first kappa shape index (κ1) is 14.3. The number of para-hydroxylation sites is 1. The molecular formula is C15H13N3O3S.